The highest BCUT2D eigenvalue weighted by atomic mass is 79.9. The highest BCUT2D eigenvalue weighted by Crippen LogP contribution is 2.32. The van der Waals surface area contributed by atoms with Gasteiger partial charge in [-0.05, 0) is 45.4 Å². The van der Waals surface area contributed by atoms with Crippen molar-refractivity contribution >= 4 is 43.2 Å². The van der Waals surface area contributed by atoms with Crippen LogP contribution in [0.15, 0.2) is 37.9 Å². The lowest BCUT2D eigenvalue weighted by molar-refractivity contribution is 0.220. The molecule has 1 N–H and O–H groups in total. The van der Waals surface area contributed by atoms with Crippen molar-refractivity contribution < 1.29 is 5.11 Å². The Morgan fingerprint density at radius 2 is 1.94 bits per heavy atom. The summed E-state index contributed by atoms with van der Waals surface area (Å²) in [5.74, 6) is 0. The van der Waals surface area contributed by atoms with E-state index >= 15 is 0 Å². The van der Waals surface area contributed by atoms with E-state index in [2.05, 4.69) is 31.9 Å². The molecular weight excluding hydrogens is 352 g/mol. The Labute approximate surface area is 115 Å². The molecule has 1 aromatic carbocycles. The molecule has 1 heterocycles. The lowest BCUT2D eigenvalue weighted by Crippen LogP contribution is -1.99. The van der Waals surface area contributed by atoms with Gasteiger partial charge >= 0.3 is 0 Å². The molecule has 0 aliphatic carbocycles. The minimum Gasteiger partial charge on any atom is -0.384 e. The van der Waals surface area contributed by atoms with Crippen molar-refractivity contribution in [2.45, 2.75) is 13.0 Å². The molecule has 0 radical (unpaired) electrons. The number of aliphatic hydroxyl groups is 1. The Morgan fingerprint density at radius 1 is 1.19 bits per heavy atom. The first kappa shape index (κ1) is 12.3. The number of aliphatic hydroxyl groups excluding tert-OH is 1. The van der Waals surface area contributed by atoms with Crippen LogP contribution in [0.5, 0.6) is 0 Å². The topological polar surface area (TPSA) is 20.2 Å². The maximum atomic E-state index is 10.2. The molecule has 4 heteroatoms. The minimum atomic E-state index is -0.563. The number of hydrogen-bond acceptors (Lipinski definition) is 2. The van der Waals surface area contributed by atoms with Crippen molar-refractivity contribution in [1.82, 2.24) is 0 Å². The van der Waals surface area contributed by atoms with E-state index in [1.165, 1.54) is 0 Å². The summed E-state index contributed by atoms with van der Waals surface area (Å²) in [5, 5.41) is 14.2. The highest BCUT2D eigenvalue weighted by molar-refractivity contribution is 9.10. The van der Waals surface area contributed by atoms with E-state index in [1.807, 2.05) is 35.9 Å². The zero-order valence-corrected chi connectivity index (χ0v) is 12.6. The third-order valence-electron chi connectivity index (χ3n) is 2.43. The maximum absolute atomic E-state index is 10.2. The molecule has 0 saturated carbocycles. The molecule has 1 nitrogen and oxygen atoms in total. The Bertz CT molecular complexity index is 507. The average molecular weight is 362 g/mol. The number of hydrogen-bond donors (Lipinski definition) is 1. The number of aryl methyl sites for hydroxylation is 1. The van der Waals surface area contributed by atoms with E-state index in [4.69, 9.17) is 0 Å². The van der Waals surface area contributed by atoms with Crippen LogP contribution < -0.4 is 0 Å². The fourth-order valence-electron chi connectivity index (χ4n) is 1.50. The zero-order valence-electron chi connectivity index (χ0n) is 8.58. The smallest absolute Gasteiger partial charge is 0.106 e. The predicted octanol–water partition coefficient (Wildman–Crippen LogP) is 4.66. The third kappa shape index (κ3) is 2.40. The molecule has 1 atom stereocenters. The van der Waals surface area contributed by atoms with E-state index in [9.17, 15) is 5.11 Å². The van der Waals surface area contributed by atoms with Gasteiger partial charge in [0.25, 0.3) is 0 Å². The van der Waals surface area contributed by atoms with Gasteiger partial charge in [0, 0.05) is 19.9 Å². The van der Waals surface area contributed by atoms with Crippen molar-refractivity contribution in [3.63, 3.8) is 0 Å². The van der Waals surface area contributed by atoms with Crippen molar-refractivity contribution in [3.8, 4) is 0 Å². The third-order valence-corrected chi connectivity index (χ3v) is 5.08. The van der Waals surface area contributed by atoms with Crippen LogP contribution in [0.3, 0.4) is 0 Å². The molecule has 2 aromatic rings. The molecule has 0 amide bonds. The molecule has 0 fully saturated rings. The summed E-state index contributed by atoms with van der Waals surface area (Å²) >= 11 is 8.47. The quantitative estimate of drug-likeness (QED) is 0.824. The maximum Gasteiger partial charge on any atom is 0.106 e. The van der Waals surface area contributed by atoms with Crippen LogP contribution in [0.25, 0.3) is 0 Å². The van der Waals surface area contributed by atoms with Crippen LogP contribution >= 0.6 is 43.2 Å². The summed E-state index contributed by atoms with van der Waals surface area (Å²) in [6.45, 7) is 2.02. The number of benzene rings is 1. The van der Waals surface area contributed by atoms with E-state index in [0.717, 1.165) is 25.6 Å². The lowest BCUT2D eigenvalue weighted by Gasteiger charge is -2.11. The van der Waals surface area contributed by atoms with Gasteiger partial charge in [0.2, 0.25) is 0 Å². The van der Waals surface area contributed by atoms with E-state index in [0.29, 0.717) is 0 Å². The molecule has 0 bridgehead atoms. The summed E-state index contributed by atoms with van der Waals surface area (Å²) in [6.07, 6.45) is -0.563. The normalized spacial score (nSPS) is 12.8. The number of thiophene rings is 1. The molecule has 84 valence electrons. The molecule has 0 aliphatic heterocycles. The van der Waals surface area contributed by atoms with Gasteiger partial charge in [-0.3, -0.25) is 0 Å². The monoisotopic (exact) mass is 360 g/mol. The van der Waals surface area contributed by atoms with Gasteiger partial charge in [0.05, 0.1) is 0 Å². The summed E-state index contributed by atoms with van der Waals surface area (Å²) in [4.78, 5) is 0. The molecule has 0 spiro atoms. The van der Waals surface area contributed by atoms with Crippen molar-refractivity contribution in [2.75, 3.05) is 0 Å². The summed E-state index contributed by atoms with van der Waals surface area (Å²) in [7, 11) is 0. The van der Waals surface area contributed by atoms with Crippen LogP contribution in [0.1, 0.15) is 22.8 Å². The fraction of sp³-hybridized carbons (Fsp3) is 0.167. The fourth-order valence-corrected chi connectivity index (χ4v) is 3.28. The van der Waals surface area contributed by atoms with Crippen LogP contribution in [0.2, 0.25) is 0 Å². The molecule has 16 heavy (non-hydrogen) atoms. The van der Waals surface area contributed by atoms with Crippen molar-refractivity contribution in [2.24, 2.45) is 0 Å². The Hall–Kier alpha value is -0.160. The van der Waals surface area contributed by atoms with E-state index in [-0.39, 0.29) is 0 Å². The highest BCUT2D eigenvalue weighted by Gasteiger charge is 2.14. The minimum absolute atomic E-state index is 0.563. The van der Waals surface area contributed by atoms with Gasteiger partial charge in [-0.25, -0.2) is 0 Å². The van der Waals surface area contributed by atoms with Gasteiger partial charge in [0.15, 0.2) is 0 Å². The van der Waals surface area contributed by atoms with Crippen molar-refractivity contribution in [3.05, 3.63) is 54.6 Å². The van der Waals surface area contributed by atoms with Crippen LogP contribution in [-0.4, -0.2) is 5.11 Å². The van der Waals surface area contributed by atoms with Gasteiger partial charge < -0.3 is 5.11 Å². The SMILES string of the molecule is Cc1cc(C(O)c2cscc2Br)ccc1Br. The molecule has 0 saturated heterocycles. The molecular formula is C12H10Br2OS. The van der Waals surface area contributed by atoms with Gasteiger partial charge in [-0.1, -0.05) is 28.1 Å². The average Bonchev–Trinajstić information content (AvgIpc) is 2.67. The van der Waals surface area contributed by atoms with Crippen LogP contribution in [0, 0.1) is 6.92 Å². The summed E-state index contributed by atoms with van der Waals surface area (Å²) < 4.78 is 2.03. The van der Waals surface area contributed by atoms with Gasteiger partial charge in [-0.15, -0.1) is 0 Å². The first-order valence-electron chi connectivity index (χ1n) is 4.75. The zero-order chi connectivity index (χ0) is 11.7. The Kier molecular flexibility index (Phi) is 3.85. The van der Waals surface area contributed by atoms with Gasteiger partial charge in [0.1, 0.15) is 6.10 Å². The summed E-state index contributed by atoms with van der Waals surface area (Å²) in [5.41, 5.74) is 2.97. The molecule has 1 unspecified atom stereocenters. The first-order valence-corrected chi connectivity index (χ1v) is 7.28. The van der Waals surface area contributed by atoms with E-state index in [1.54, 1.807) is 11.3 Å². The van der Waals surface area contributed by atoms with Crippen LogP contribution in [-0.2, 0) is 0 Å². The molecule has 0 aliphatic rings. The first-order chi connectivity index (χ1) is 7.59. The van der Waals surface area contributed by atoms with Gasteiger partial charge in [-0.2, -0.15) is 11.3 Å². The lowest BCUT2D eigenvalue weighted by atomic mass is 10.0. The van der Waals surface area contributed by atoms with Crippen LogP contribution in [0.4, 0.5) is 0 Å². The molecule has 1 aromatic heterocycles. The standard InChI is InChI=1S/C12H10Br2OS/c1-7-4-8(2-3-10(7)13)12(15)9-5-16-6-11(9)14/h2-6,12,15H,1H3. The predicted molar refractivity (Wildman–Crippen MR) is 75.0 cm³/mol. The van der Waals surface area contributed by atoms with Crippen molar-refractivity contribution in [1.29, 1.82) is 0 Å². The summed E-state index contributed by atoms with van der Waals surface area (Å²) in [6, 6.07) is 5.90. The molecule has 2 rings (SSSR count). The number of halogens is 2. The Morgan fingerprint density at radius 3 is 2.50 bits per heavy atom. The Balaban J connectivity index is 2.38. The van der Waals surface area contributed by atoms with E-state index < -0.39 is 6.10 Å². The second-order valence-corrected chi connectivity index (χ2v) is 6.04. The second kappa shape index (κ2) is 5.00. The number of rotatable bonds is 2. The second-order valence-electron chi connectivity index (χ2n) is 3.59. The largest absolute Gasteiger partial charge is 0.384 e.